The minimum absolute atomic E-state index is 0.0436. The van der Waals surface area contributed by atoms with Crippen LogP contribution in [0.1, 0.15) is 43.8 Å². The molecule has 0 saturated heterocycles. The van der Waals surface area contributed by atoms with E-state index in [-0.39, 0.29) is 30.1 Å². The molecule has 3 amide bonds. The molecule has 3 aromatic rings. The van der Waals surface area contributed by atoms with E-state index in [1.165, 1.54) is 16.7 Å². The number of nitrogens with one attached hydrogen (secondary N) is 2. The van der Waals surface area contributed by atoms with Gasteiger partial charge in [-0.15, -0.1) is 10.2 Å². The van der Waals surface area contributed by atoms with Crippen molar-refractivity contribution >= 4 is 23.4 Å². The van der Waals surface area contributed by atoms with E-state index in [1.807, 2.05) is 74.5 Å². The summed E-state index contributed by atoms with van der Waals surface area (Å²) in [6.07, 6.45) is 0.687. The molecule has 3 atom stereocenters. The summed E-state index contributed by atoms with van der Waals surface area (Å²) in [5.74, 6) is -1.24. The maximum absolute atomic E-state index is 13.7. The van der Waals surface area contributed by atoms with E-state index in [9.17, 15) is 19.5 Å². The molecule has 2 heterocycles. The molecule has 0 radical (unpaired) electrons. The van der Waals surface area contributed by atoms with E-state index in [0.29, 0.717) is 17.7 Å². The van der Waals surface area contributed by atoms with Crippen LogP contribution in [0.4, 0.5) is 0 Å². The number of benzene rings is 2. The number of H-pyrrole nitrogens is 1. The van der Waals surface area contributed by atoms with Gasteiger partial charge in [0.15, 0.2) is 0 Å². The van der Waals surface area contributed by atoms with E-state index in [4.69, 9.17) is 0 Å². The van der Waals surface area contributed by atoms with Crippen molar-refractivity contribution in [2.24, 2.45) is 5.92 Å². The molecule has 3 N–H and O–H groups in total. The van der Waals surface area contributed by atoms with Gasteiger partial charge in [-0.2, -0.15) is 5.21 Å². The number of aromatic nitrogens is 4. The number of carbonyl (C=O) groups is 3. The third-order valence-electron chi connectivity index (χ3n) is 6.39. The lowest BCUT2D eigenvalue weighted by atomic mass is 9.97. The highest BCUT2D eigenvalue weighted by molar-refractivity contribution is 5.99. The quantitative estimate of drug-likeness (QED) is 0.392. The monoisotopic (exact) mass is 517 g/mol. The fourth-order valence-corrected chi connectivity index (χ4v) is 4.56. The summed E-state index contributed by atoms with van der Waals surface area (Å²) in [4.78, 5) is 42.4. The molecule has 1 aromatic heterocycles. The largest absolute Gasteiger partial charge is 0.383 e. The van der Waals surface area contributed by atoms with Gasteiger partial charge in [-0.25, -0.2) is 0 Å². The van der Waals surface area contributed by atoms with Crippen LogP contribution in [-0.4, -0.2) is 71.9 Å². The third kappa shape index (κ3) is 5.94. The van der Waals surface area contributed by atoms with Crippen molar-refractivity contribution < 1.29 is 19.5 Å². The number of tetrazole rings is 1. The van der Waals surface area contributed by atoms with Crippen LogP contribution in [0.15, 0.2) is 66.9 Å². The van der Waals surface area contributed by atoms with Gasteiger partial charge in [-0.1, -0.05) is 79.7 Å². The van der Waals surface area contributed by atoms with Crippen molar-refractivity contribution in [2.45, 2.75) is 45.4 Å². The molecule has 0 spiro atoms. The molecule has 198 valence electrons. The van der Waals surface area contributed by atoms with E-state index >= 15 is 0 Å². The molecular formula is C27H31N7O4. The van der Waals surface area contributed by atoms with Gasteiger partial charge in [0.25, 0.3) is 5.91 Å². The molecule has 38 heavy (non-hydrogen) atoms. The van der Waals surface area contributed by atoms with E-state index in [1.54, 1.807) is 6.20 Å². The second kappa shape index (κ2) is 11.8. The summed E-state index contributed by atoms with van der Waals surface area (Å²) in [7, 11) is 0. The lowest BCUT2D eigenvalue weighted by molar-refractivity contribution is -0.144. The summed E-state index contributed by atoms with van der Waals surface area (Å²) in [5.41, 5.74) is 2.02. The third-order valence-corrected chi connectivity index (χ3v) is 6.39. The average Bonchev–Trinajstić information content (AvgIpc) is 3.44. The Morgan fingerprint density at radius 1 is 1.08 bits per heavy atom. The van der Waals surface area contributed by atoms with Gasteiger partial charge in [-0.05, 0) is 23.5 Å². The molecular weight excluding hydrogens is 486 g/mol. The molecule has 1 aliphatic heterocycles. The van der Waals surface area contributed by atoms with Crippen LogP contribution < -0.4 is 5.32 Å². The van der Waals surface area contributed by atoms with Gasteiger partial charge < -0.3 is 15.3 Å². The smallest absolute Gasteiger partial charge is 0.250 e. The maximum atomic E-state index is 13.7. The Hall–Kier alpha value is -4.38. The van der Waals surface area contributed by atoms with E-state index in [2.05, 4.69) is 25.9 Å². The minimum Gasteiger partial charge on any atom is -0.383 e. The van der Waals surface area contributed by atoms with Gasteiger partial charge >= 0.3 is 0 Å². The number of carbonyl (C=O) groups excluding carboxylic acids is 3. The summed E-state index contributed by atoms with van der Waals surface area (Å²) < 4.78 is 0. The molecule has 0 fully saturated rings. The SMILES string of the molecule is CC(=O)N1C=C(c2ccccc2)N(CC(=O)NC(Cc2ccccc2)C(O)c2nn[nH]n2)C(=O)C1C(C)C. The molecule has 11 nitrogen and oxygen atoms in total. The molecule has 1 aliphatic rings. The van der Waals surface area contributed by atoms with Crippen molar-refractivity contribution in [1.29, 1.82) is 0 Å². The average molecular weight is 518 g/mol. The van der Waals surface area contributed by atoms with Crippen molar-refractivity contribution in [3.05, 3.63) is 83.8 Å². The van der Waals surface area contributed by atoms with Crippen molar-refractivity contribution in [2.75, 3.05) is 6.54 Å². The second-order valence-electron chi connectivity index (χ2n) is 9.50. The van der Waals surface area contributed by atoms with Crippen LogP contribution in [0.2, 0.25) is 0 Å². The van der Waals surface area contributed by atoms with Gasteiger partial charge in [-0.3, -0.25) is 19.3 Å². The lowest BCUT2D eigenvalue weighted by Gasteiger charge is -2.40. The van der Waals surface area contributed by atoms with Crippen LogP contribution in [-0.2, 0) is 20.8 Å². The number of rotatable bonds is 9. The molecule has 0 bridgehead atoms. The summed E-state index contributed by atoms with van der Waals surface area (Å²) >= 11 is 0. The maximum Gasteiger partial charge on any atom is 0.250 e. The number of aliphatic hydroxyl groups is 1. The molecule has 11 heteroatoms. The van der Waals surface area contributed by atoms with Crippen molar-refractivity contribution in [1.82, 2.24) is 35.7 Å². The van der Waals surface area contributed by atoms with Crippen LogP contribution in [0, 0.1) is 5.92 Å². The van der Waals surface area contributed by atoms with E-state index in [0.717, 1.165) is 5.56 Å². The highest BCUT2D eigenvalue weighted by Crippen LogP contribution is 2.30. The lowest BCUT2D eigenvalue weighted by Crippen LogP contribution is -2.56. The summed E-state index contributed by atoms with van der Waals surface area (Å²) in [6, 6.07) is 17.0. The molecule has 0 saturated carbocycles. The van der Waals surface area contributed by atoms with Crippen molar-refractivity contribution in [3.8, 4) is 0 Å². The first kappa shape index (κ1) is 26.7. The van der Waals surface area contributed by atoms with Gasteiger partial charge in [0, 0.05) is 13.1 Å². The first-order valence-electron chi connectivity index (χ1n) is 12.4. The van der Waals surface area contributed by atoms with Crippen molar-refractivity contribution in [3.63, 3.8) is 0 Å². The first-order valence-corrected chi connectivity index (χ1v) is 12.4. The Morgan fingerprint density at radius 2 is 1.74 bits per heavy atom. The van der Waals surface area contributed by atoms with Gasteiger partial charge in [0.05, 0.1) is 11.7 Å². The Bertz CT molecular complexity index is 1280. The Balaban J connectivity index is 1.63. The fourth-order valence-electron chi connectivity index (χ4n) is 4.56. The highest BCUT2D eigenvalue weighted by Gasteiger charge is 2.40. The van der Waals surface area contributed by atoms with E-state index < -0.39 is 24.1 Å². The Kier molecular flexibility index (Phi) is 8.27. The minimum atomic E-state index is -1.24. The Labute approximate surface area is 220 Å². The fraction of sp³-hybridized carbons (Fsp3) is 0.333. The van der Waals surface area contributed by atoms with Gasteiger partial charge in [0.1, 0.15) is 18.7 Å². The molecule has 0 aliphatic carbocycles. The first-order chi connectivity index (χ1) is 18.3. The number of nitrogens with zero attached hydrogens (tertiary/aromatic N) is 5. The number of amides is 3. The number of hydrogen-bond acceptors (Lipinski definition) is 7. The Morgan fingerprint density at radius 3 is 2.32 bits per heavy atom. The number of aliphatic hydroxyl groups excluding tert-OH is 1. The summed E-state index contributed by atoms with van der Waals surface area (Å²) in [5, 5.41) is 27.3. The van der Waals surface area contributed by atoms with Crippen LogP contribution in [0.3, 0.4) is 0 Å². The van der Waals surface area contributed by atoms with Crippen LogP contribution >= 0.6 is 0 Å². The van der Waals surface area contributed by atoms with Crippen LogP contribution in [0.25, 0.3) is 5.70 Å². The predicted octanol–water partition coefficient (Wildman–Crippen LogP) is 1.67. The summed E-state index contributed by atoms with van der Waals surface area (Å²) in [6.45, 7) is 4.82. The normalized spacial score (nSPS) is 17.2. The van der Waals surface area contributed by atoms with Crippen LogP contribution in [0.5, 0.6) is 0 Å². The molecule has 3 unspecified atom stereocenters. The second-order valence-corrected chi connectivity index (χ2v) is 9.50. The predicted molar refractivity (Wildman–Crippen MR) is 138 cm³/mol. The highest BCUT2D eigenvalue weighted by atomic mass is 16.3. The molecule has 2 aromatic carbocycles. The number of aromatic amines is 1. The zero-order chi connectivity index (χ0) is 27.2. The standard InChI is InChI=1S/C27H31N7O4/c1-17(2)24-27(38)34(22(15-33(24)18(3)35)20-12-8-5-9-13-20)16-23(36)28-21(14-19-10-6-4-7-11-19)25(37)26-29-31-32-30-26/h4-13,15,17,21,24-25,37H,14,16H2,1-3H3,(H,28,36)(H,29,30,31,32). The molecule has 4 rings (SSSR count). The topological polar surface area (TPSA) is 144 Å². The zero-order valence-electron chi connectivity index (χ0n) is 21.5. The number of hydrogen-bond donors (Lipinski definition) is 3. The van der Waals surface area contributed by atoms with Gasteiger partial charge in [0.2, 0.25) is 17.6 Å². The zero-order valence-corrected chi connectivity index (χ0v) is 21.5.